The number of hydrogen-bond donors (Lipinski definition) is 1. The number of sulfonamides is 1. The number of benzene rings is 1. The van der Waals surface area contributed by atoms with Crippen LogP contribution in [0.1, 0.15) is 45.1 Å². The van der Waals surface area contributed by atoms with Crippen LogP contribution in [0.2, 0.25) is 0 Å². The van der Waals surface area contributed by atoms with Crippen molar-refractivity contribution in [2.75, 3.05) is 20.2 Å². The van der Waals surface area contributed by atoms with Gasteiger partial charge in [-0.2, -0.15) is 4.31 Å². The summed E-state index contributed by atoms with van der Waals surface area (Å²) in [4.78, 5) is 12.0. The van der Waals surface area contributed by atoms with Crippen LogP contribution in [0.25, 0.3) is 6.08 Å². The Kier molecular flexibility index (Phi) is 7.23. The highest BCUT2D eigenvalue weighted by molar-refractivity contribution is 7.89. The second-order valence-electron chi connectivity index (χ2n) is 6.53. The molecule has 2 rings (SSSR count). The summed E-state index contributed by atoms with van der Waals surface area (Å²) < 4.78 is 32.7. The first kappa shape index (κ1) is 20.5. The van der Waals surface area contributed by atoms with Gasteiger partial charge in [-0.1, -0.05) is 19.4 Å². The summed E-state index contributed by atoms with van der Waals surface area (Å²) in [7, 11) is -2.16. The van der Waals surface area contributed by atoms with Gasteiger partial charge in [0.1, 0.15) is 10.6 Å². The molecule has 144 valence electrons. The van der Waals surface area contributed by atoms with Crippen molar-refractivity contribution in [2.45, 2.75) is 50.5 Å². The molecule has 1 N–H and O–H groups in total. The molecule has 1 fully saturated rings. The molecule has 1 aliphatic heterocycles. The molecule has 1 aromatic rings. The summed E-state index contributed by atoms with van der Waals surface area (Å²) >= 11 is 0. The van der Waals surface area contributed by atoms with Crippen molar-refractivity contribution in [3.8, 4) is 5.75 Å². The van der Waals surface area contributed by atoms with Crippen LogP contribution in [0.4, 0.5) is 0 Å². The quantitative estimate of drug-likeness (QED) is 0.738. The Hall–Kier alpha value is -1.86. The van der Waals surface area contributed by atoms with Crippen molar-refractivity contribution in [1.29, 1.82) is 0 Å². The molecule has 1 aromatic carbocycles. The Morgan fingerprint density at radius 2 is 2.00 bits per heavy atom. The van der Waals surface area contributed by atoms with E-state index in [9.17, 15) is 13.2 Å². The zero-order valence-electron chi connectivity index (χ0n) is 15.7. The fourth-order valence-electron chi connectivity index (χ4n) is 2.81. The summed E-state index contributed by atoms with van der Waals surface area (Å²) in [5, 5.41) is 2.84. The summed E-state index contributed by atoms with van der Waals surface area (Å²) in [6.45, 7) is 4.99. The Morgan fingerprint density at radius 1 is 1.31 bits per heavy atom. The fourth-order valence-corrected chi connectivity index (χ4v) is 4.52. The maximum Gasteiger partial charge on any atom is 0.246 e. The number of carbonyl (C=O) groups excluding carboxylic acids is 1. The number of carbonyl (C=O) groups is 1. The van der Waals surface area contributed by atoms with Gasteiger partial charge in [0, 0.05) is 25.2 Å². The third-order valence-electron chi connectivity index (χ3n) is 4.55. The highest BCUT2D eigenvalue weighted by atomic mass is 32.2. The van der Waals surface area contributed by atoms with Crippen molar-refractivity contribution >= 4 is 22.0 Å². The van der Waals surface area contributed by atoms with Crippen LogP contribution in [-0.2, 0) is 14.8 Å². The monoisotopic (exact) mass is 380 g/mol. The van der Waals surface area contributed by atoms with Gasteiger partial charge in [-0.25, -0.2) is 8.42 Å². The molecule has 7 heteroatoms. The molecule has 1 unspecified atom stereocenters. The van der Waals surface area contributed by atoms with Crippen LogP contribution in [0.3, 0.4) is 0 Å². The minimum atomic E-state index is -3.61. The maximum atomic E-state index is 13.0. The minimum absolute atomic E-state index is 0.0954. The number of piperidine rings is 1. The van der Waals surface area contributed by atoms with Crippen LogP contribution in [0.15, 0.2) is 29.2 Å². The van der Waals surface area contributed by atoms with Crippen molar-refractivity contribution < 1.29 is 17.9 Å². The fraction of sp³-hybridized carbons (Fsp3) is 0.526. The summed E-state index contributed by atoms with van der Waals surface area (Å²) in [5.41, 5.74) is 0.640. The molecule has 0 saturated carbocycles. The maximum absolute atomic E-state index is 13.0. The van der Waals surface area contributed by atoms with E-state index in [4.69, 9.17) is 4.74 Å². The molecule has 0 spiro atoms. The lowest BCUT2D eigenvalue weighted by atomic mass is 10.2. The van der Waals surface area contributed by atoms with E-state index in [2.05, 4.69) is 5.32 Å². The van der Waals surface area contributed by atoms with Crippen molar-refractivity contribution in [3.05, 3.63) is 29.8 Å². The Morgan fingerprint density at radius 3 is 2.62 bits per heavy atom. The standard InChI is InChI=1S/C19H28N2O4S/c1-4-15(2)20-19(22)11-9-16-8-10-17(25-3)18(14-16)26(23,24)21-12-6-5-7-13-21/h8-11,14-15H,4-7,12-13H2,1-3H3,(H,20,22)/b11-9+. The SMILES string of the molecule is CCC(C)NC(=O)/C=C/c1ccc(OC)c(S(=O)(=O)N2CCCCC2)c1. The summed E-state index contributed by atoms with van der Waals surface area (Å²) in [6, 6.07) is 5.03. The van der Waals surface area contributed by atoms with Crippen LogP contribution < -0.4 is 10.1 Å². The van der Waals surface area contributed by atoms with Gasteiger partial charge in [-0.05, 0) is 50.0 Å². The lowest BCUT2D eigenvalue weighted by Gasteiger charge is -2.26. The smallest absolute Gasteiger partial charge is 0.246 e. The summed E-state index contributed by atoms with van der Waals surface area (Å²) in [5.74, 6) is 0.118. The topological polar surface area (TPSA) is 75.7 Å². The van der Waals surface area contributed by atoms with E-state index < -0.39 is 10.0 Å². The number of ether oxygens (including phenoxy) is 1. The van der Waals surface area contributed by atoms with E-state index >= 15 is 0 Å². The highest BCUT2D eigenvalue weighted by Gasteiger charge is 2.28. The zero-order valence-corrected chi connectivity index (χ0v) is 16.5. The average Bonchev–Trinajstić information content (AvgIpc) is 2.66. The van der Waals surface area contributed by atoms with Crippen LogP contribution in [0.5, 0.6) is 5.75 Å². The average molecular weight is 381 g/mol. The Labute approximate surface area is 156 Å². The molecule has 0 radical (unpaired) electrons. The largest absolute Gasteiger partial charge is 0.495 e. The summed E-state index contributed by atoms with van der Waals surface area (Å²) in [6.07, 6.45) is 6.68. The van der Waals surface area contributed by atoms with E-state index in [1.165, 1.54) is 17.5 Å². The van der Waals surface area contributed by atoms with Crippen LogP contribution in [-0.4, -0.2) is 44.9 Å². The number of nitrogens with zero attached hydrogens (tertiary/aromatic N) is 1. The molecule has 1 aliphatic rings. The van der Waals surface area contributed by atoms with E-state index in [0.717, 1.165) is 25.7 Å². The molecule has 1 amide bonds. The van der Waals surface area contributed by atoms with Gasteiger partial charge in [0.05, 0.1) is 7.11 Å². The first-order valence-electron chi connectivity index (χ1n) is 9.05. The number of nitrogens with one attached hydrogen (secondary N) is 1. The molecule has 6 nitrogen and oxygen atoms in total. The molecule has 0 aliphatic carbocycles. The Balaban J connectivity index is 2.26. The highest BCUT2D eigenvalue weighted by Crippen LogP contribution is 2.29. The van der Waals surface area contributed by atoms with Crippen molar-refractivity contribution in [2.24, 2.45) is 0 Å². The minimum Gasteiger partial charge on any atom is -0.495 e. The second-order valence-corrected chi connectivity index (χ2v) is 8.43. The van der Waals surface area contributed by atoms with Gasteiger partial charge in [-0.15, -0.1) is 0 Å². The molecule has 0 bridgehead atoms. The van der Waals surface area contributed by atoms with E-state index in [0.29, 0.717) is 24.4 Å². The predicted molar refractivity (Wildman–Crippen MR) is 103 cm³/mol. The molecule has 26 heavy (non-hydrogen) atoms. The lowest BCUT2D eigenvalue weighted by Crippen LogP contribution is -2.35. The first-order valence-corrected chi connectivity index (χ1v) is 10.5. The van der Waals surface area contributed by atoms with Crippen molar-refractivity contribution in [3.63, 3.8) is 0 Å². The molecular formula is C19H28N2O4S. The molecule has 0 aromatic heterocycles. The zero-order chi connectivity index (χ0) is 19.2. The number of methoxy groups -OCH3 is 1. The van der Waals surface area contributed by atoms with Gasteiger partial charge >= 0.3 is 0 Å². The third-order valence-corrected chi connectivity index (χ3v) is 6.47. The predicted octanol–water partition coefficient (Wildman–Crippen LogP) is 2.80. The van der Waals surface area contributed by atoms with Crippen molar-refractivity contribution in [1.82, 2.24) is 9.62 Å². The molecule has 1 saturated heterocycles. The Bertz CT molecular complexity index is 753. The first-order chi connectivity index (χ1) is 12.4. The van der Waals surface area contributed by atoms with Crippen LogP contribution in [0, 0.1) is 0 Å². The van der Waals surface area contributed by atoms with Gasteiger partial charge in [0.25, 0.3) is 0 Å². The number of hydrogen-bond acceptors (Lipinski definition) is 4. The van der Waals surface area contributed by atoms with E-state index in [1.807, 2.05) is 13.8 Å². The second kappa shape index (κ2) is 9.19. The van der Waals surface area contributed by atoms with Gasteiger partial charge in [0.15, 0.2) is 0 Å². The van der Waals surface area contributed by atoms with Gasteiger partial charge in [0.2, 0.25) is 15.9 Å². The molecular weight excluding hydrogens is 352 g/mol. The normalized spacial score (nSPS) is 17.2. The van der Waals surface area contributed by atoms with E-state index in [1.54, 1.807) is 24.3 Å². The number of rotatable bonds is 7. The lowest BCUT2D eigenvalue weighted by molar-refractivity contribution is -0.117. The van der Waals surface area contributed by atoms with Gasteiger partial charge in [-0.3, -0.25) is 4.79 Å². The number of amides is 1. The molecule has 1 atom stereocenters. The van der Waals surface area contributed by atoms with E-state index in [-0.39, 0.29) is 16.8 Å². The third kappa shape index (κ3) is 5.08. The van der Waals surface area contributed by atoms with Crippen LogP contribution >= 0.6 is 0 Å². The molecule has 1 heterocycles. The van der Waals surface area contributed by atoms with Gasteiger partial charge < -0.3 is 10.1 Å².